The largest absolute Gasteiger partial charge is 0.497 e. The van der Waals surface area contributed by atoms with E-state index in [1.807, 2.05) is 17.0 Å². The molecule has 2 aromatic rings. The number of hydrogen-bond donors (Lipinski definition) is 1. The lowest BCUT2D eigenvalue weighted by atomic mass is 10.1. The maximum atomic E-state index is 13.6. The van der Waals surface area contributed by atoms with Gasteiger partial charge in [-0.1, -0.05) is 6.42 Å². The van der Waals surface area contributed by atoms with E-state index in [4.69, 9.17) is 21.7 Å². The molecule has 2 fully saturated rings. The second-order valence-electron chi connectivity index (χ2n) is 9.10. The third-order valence-electron chi connectivity index (χ3n) is 6.72. The van der Waals surface area contributed by atoms with Gasteiger partial charge in [0.1, 0.15) is 17.5 Å². The van der Waals surface area contributed by atoms with E-state index in [9.17, 15) is 9.59 Å². The summed E-state index contributed by atoms with van der Waals surface area (Å²) in [6.45, 7) is 3.82. The zero-order valence-electron chi connectivity index (χ0n) is 20.9. The van der Waals surface area contributed by atoms with Gasteiger partial charge in [0, 0.05) is 12.2 Å². The molecule has 1 N–H and O–H groups in total. The van der Waals surface area contributed by atoms with Crippen LogP contribution in [-0.4, -0.2) is 73.2 Å². The monoisotopic (exact) mass is 510 g/mol. The Kier molecular flexibility index (Phi) is 8.77. The minimum atomic E-state index is -0.654. The van der Waals surface area contributed by atoms with Crippen LogP contribution in [0, 0.1) is 0 Å². The predicted molar refractivity (Wildman–Crippen MR) is 145 cm³/mol. The van der Waals surface area contributed by atoms with Crippen LogP contribution in [0.5, 0.6) is 11.5 Å². The van der Waals surface area contributed by atoms with E-state index in [2.05, 4.69) is 10.2 Å². The zero-order chi connectivity index (χ0) is 25.5. The van der Waals surface area contributed by atoms with Gasteiger partial charge in [0.15, 0.2) is 5.11 Å². The first-order chi connectivity index (χ1) is 17.5. The Morgan fingerprint density at radius 1 is 0.944 bits per heavy atom. The van der Waals surface area contributed by atoms with Crippen molar-refractivity contribution in [3.8, 4) is 11.5 Å². The summed E-state index contributed by atoms with van der Waals surface area (Å²) in [4.78, 5) is 32.5. The minimum absolute atomic E-state index is 0.0152. The molecular weight excluding hydrogens is 476 g/mol. The number of likely N-dealkylation sites (tertiary alicyclic amines) is 1. The lowest BCUT2D eigenvalue weighted by Crippen LogP contribution is -2.40. The number of anilines is 2. The molecule has 8 nitrogen and oxygen atoms in total. The molecule has 2 aliphatic rings. The van der Waals surface area contributed by atoms with Gasteiger partial charge in [-0.3, -0.25) is 14.5 Å². The Hall–Kier alpha value is -3.17. The van der Waals surface area contributed by atoms with Crippen LogP contribution in [0.15, 0.2) is 48.5 Å². The van der Waals surface area contributed by atoms with Crippen LogP contribution in [0.25, 0.3) is 0 Å². The van der Waals surface area contributed by atoms with Gasteiger partial charge in [-0.15, -0.1) is 0 Å². The van der Waals surface area contributed by atoms with E-state index in [0.717, 1.165) is 26.1 Å². The molecule has 0 spiro atoms. The van der Waals surface area contributed by atoms with Crippen molar-refractivity contribution in [3.05, 3.63) is 48.5 Å². The number of benzene rings is 2. The van der Waals surface area contributed by atoms with E-state index in [0.29, 0.717) is 34.5 Å². The SMILES string of the molecule is COc1ccc(NC(=O)CC2C(=O)N(c3ccc(OC)cc3)C(=S)N2CCCN2CCCCC2)cc1. The first-order valence-electron chi connectivity index (χ1n) is 12.4. The molecule has 0 aromatic heterocycles. The summed E-state index contributed by atoms with van der Waals surface area (Å²) in [5.74, 6) is 0.983. The highest BCUT2D eigenvalue weighted by molar-refractivity contribution is 7.80. The summed E-state index contributed by atoms with van der Waals surface area (Å²) in [6.07, 6.45) is 4.66. The number of carbonyl (C=O) groups excluding carboxylic acids is 2. The number of methoxy groups -OCH3 is 2. The lowest BCUT2D eigenvalue weighted by molar-refractivity contribution is -0.124. The fourth-order valence-electron chi connectivity index (χ4n) is 4.77. The number of rotatable bonds is 10. The summed E-state index contributed by atoms with van der Waals surface area (Å²) in [5, 5.41) is 3.33. The maximum Gasteiger partial charge on any atom is 0.256 e. The summed E-state index contributed by atoms with van der Waals surface area (Å²) >= 11 is 5.78. The average Bonchev–Trinajstić information content (AvgIpc) is 3.13. The summed E-state index contributed by atoms with van der Waals surface area (Å²) in [6, 6.07) is 13.7. The Morgan fingerprint density at radius 3 is 2.17 bits per heavy atom. The smallest absolute Gasteiger partial charge is 0.256 e. The Labute approximate surface area is 218 Å². The molecule has 0 saturated carbocycles. The number of hydrogen-bond acceptors (Lipinski definition) is 6. The average molecular weight is 511 g/mol. The fraction of sp³-hybridized carbons (Fsp3) is 0.444. The summed E-state index contributed by atoms with van der Waals surface area (Å²) in [7, 11) is 3.19. The first kappa shape index (κ1) is 25.9. The van der Waals surface area contributed by atoms with Gasteiger partial charge >= 0.3 is 0 Å². The standard InChI is InChI=1S/C27H34N4O4S/c1-34-22-11-7-20(8-12-22)28-25(32)19-24-26(33)31(21-9-13-23(35-2)14-10-21)27(36)30(24)18-6-17-29-15-4-3-5-16-29/h7-14,24H,3-6,15-19H2,1-2H3,(H,28,32). The number of carbonyl (C=O) groups is 2. The first-order valence-corrected chi connectivity index (χ1v) is 12.9. The van der Waals surface area contributed by atoms with Crippen molar-refractivity contribution in [1.82, 2.24) is 9.80 Å². The molecule has 2 amide bonds. The van der Waals surface area contributed by atoms with Gasteiger partial charge in [0.05, 0.1) is 26.3 Å². The van der Waals surface area contributed by atoms with Crippen molar-refractivity contribution >= 4 is 40.5 Å². The van der Waals surface area contributed by atoms with Crippen LogP contribution in [0.4, 0.5) is 11.4 Å². The number of thiocarbonyl (C=S) groups is 1. The predicted octanol–water partition coefficient (Wildman–Crippen LogP) is 3.91. The second-order valence-corrected chi connectivity index (χ2v) is 9.47. The molecule has 192 valence electrons. The van der Waals surface area contributed by atoms with E-state index in [-0.39, 0.29) is 18.2 Å². The molecule has 2 saturated heterocycles. The minimum Gasteiger partial charge on any atom is -0.497 e. The lowest BCUT2D eigenvalue weighted by Gasteiger charge is -2.28. The normalized spacial score (nSPS) is 18.4. The van der Waals surface area contributed by atoms with Gasteiger partial charge in [0.2, 0.25) is 5.91 Å². The van der Waals surface area contributed by atoms with E-state index >= 15 is 0 Å². The van der Waals surface area contributed by atoms with Crippen LogP contribution in [0.1, 0.15) is 32.1 Å². The molecule has 9 heteroatoms. The van der Waals surface area contributed by atoms with Crippen LogP contribution in [0.3, 0.4) is 0 Å². The van der Waals surface area contributed by atoms with Crippen molar-refractivity contribution in [2.75, 3.05) is 50.6 Å². The molecule has 2 heterocycles. The molecule has 2 aromatic carbocycles. The van der Waals surface area contributed by atoms with E-state index < -0.39 is 6.04 Å². The number of amides is 2. The maximum absolute atomic E-state index is 13.6. The van der Waals surface area contributed by atoms with Gasteiger partial charge < -0.3 is 24.6 Å². The fourth-order valence-corrected chi connectivity index (χ4v) is 5.18. The molecule has 0 aliphatic carbocycles. The quantitative estimate of drug-likeness (QED) is 0.486. The van der Waals surface area contributed by atoms with Crippen molar-refractivity contribution in [3.63, 3.8) is 0 Å². The van der Waals surface area contributed by atoms with Crippen LogP contribution >= 0.6 is 12.2 Å². The van der Waals surface area contributed by atoms with Gasteiger partial charge in [-0.2, -0.15) is 0 Å². The highest BCUT2D eigenvalue weighted by Crippen LogP contribution is 2.29. The summed E-state index contributed by atoms with van der Waals surface area (Å²) in [5.41, 5.74) is 1.32. The molecule has 1 atom stereocenters. The second kappa shape index (κ2) is 12.2. The Morgan fingerprint density at radius 2 is 1.56 bits per heavy atom. The summed E-state index contributed by atoms with van der Waals surface area (Å²) < 4.78 is 10.4. The van der Waals surface area contributed by atoms with Crippen LogP contribution in [0.2, 0.25) is 0 Å². The Bertz CT molecular complexity index is 1050. The number of nitrogens with one attached hydrogen (secondary N) is 1. The van der Waals surface area contributed by atoms with Crippen molar-refractivity contribution < 1.29 is 19.1 Å². The van der Waals surface area contributed by atoms with E-state index in [1.54, 1.807) is 55.5 Å². The molecule has 2 aliphatic heterocycles. The van der Waals surface area contributed by atoms with Crippen molar-refractivity contribution in [2.45, 2.75) is 38.1 Å². The van der Waals surface area contributed by atoms with E-state index in [1.165, 1.54) is 19.3 Å². The molecule has 0 bridgehead atoms. The topological polar surface area (TPSA) is 74.3 Å². The molecule has 1 unspecified atom stereocenters. The third kappa shape index (κ3) is 6.14. The van der Waals surface area contributed by atoms with Crippen LogP contribution < -0.4 is 19.7 Å². The number of piperidine rings is 1. The van der Waals surface area contributed by atoms with Crippen molar-refractivity contribution in [2.24, 2.45) is 0 Å². The highest BCUT2D eigenvalue weighted by atomic mass is 32.1. The van der Waals surface area contributed by atoms with Gasteiger partial charge in [0.25, 0.3) is 5.91 Å². The number of nitrogens with zero attached hydrogens (tertiary/aromatic N) is 3. The number of ether oxygens (including phenoxy) is 2. The highest BCUT2D eigenvalue weighted by Gasteiger charge is 2.43. The third-order valence-corrected chi connectivity index (χ3v) is 7.14. The molecule has 4 rings (SSSR count). The molecule has 36 heavy (non-hydrogen) atoms. The molecule has 0 radical (unpaired) electrons. The molecular formula is C27H34N4O4S. The zero-order valence-corrected chi connectivity index (χ0v) is 21.8. The van der Waals surface area contributed by atoms with Crippen molar-refractivity contribution in [1.29, 1.82) is 0 Å². The van der Waals surface area contributed by atoms with Gasteiger partial charge in [-0.05, 0) is 99.6 Å². The Balaban J connectivity index is 1.47. The van der Waals surface area contributed by atoms with Gasteiger partial charge in [-0.25, -0.2) is 0 Å². The van der Waals surface area contributed by atoms with Crippen LogP contribution in [-0.2, 0) is 9.59 Å².